The zero-order chi connectivity index (χ0) is 13.8. The summed E-state index contributed by atoms with van der Waals surface area (Å²) in [5, 5.41) is 8.51. The fraction of sp³-hybridized carbons (Fsp3) is 0.833. The maximum atomic E-state index is 11.5. The molecule has 2 amide bonds. The Morgan fingerprint density at radius 1 is 1.17 bits per heavy atom. The van der Waals surface area contributed by atoms with Crippen molar-refractivity contribution in [3.63, 3.8) is 0 Å². The summed E-state index contributed by atoms with van der Waals surface area (Å²) in [5.41, 5.74) is 0. The largest absolute Gasteiger partial charge is 0.383 e. The lowest BCUT2D eigenvalue weighted by atomic mass is 10.3. The average Bonchev–Trinajstić information content (AvgIpc) is 2.36. The lowest BCUT2D eigenvalue weighted by Crippen LogP contribution is -2.44. The summed E-state index contributed by atoms with van der Waals surface area (Å²) in [7, 11) is 1.59. The summed E-state index contributed by atoms with van der Waals surface area (Å²) in [6.45, 7) is 5.97. The molecule has 18 heavy (non-hydrogen) atoms. The van der Waals surface area contributed by atoms with Crippen molar-refractivity contribution in [2.45, 2.75) is 32.7 Å². The molecule has 1 unspecified atom stereocenters. The molecule has 106 valence electrons. The second-order valence-corrected chi connectivity index (χ2v) is 4.06. The molecule has 0 aliphatic rings. The van der Waals surface area contributed by atoms with E-state index in [0.717, 1.165) is 6.42 Å². The van der Waals surface area contributed by atoms with Crippen LogP contribution in [0, 0.1) is 0 Å². The van der Waals surface area contributed by atoms with Gasteiger partial charge < -0.3 is 20.7 Å². The van der Waals surface area contributed by atoms with Crippen molar-refractivity contribution >= 4 is 11.8 Å². The Hall–Kier alpha value is -1.14. The zero-order valence-corrected chi connectivity index (χ0v) is 11.5. The standard InChI is InChI=1S/C12H25N3O3/c1-4-6-14-11(16)5-7-13-10(2)12(17)15-8-9-18-3/h10,13H,4-9H2,1-3H3,(H,14,16)(H,15,17). The molecular weight excluding hydrogens is 234 g/mol. The third-order valence-corrected chi connectivity index (χ3v) is 2.37. The van der Waals surface area contributed by atoms with E-state index in [4.69, 9.17) is 4.74 Å². The SMILES string of the molecule is CCCNC(=O)CCNC(C)C(=O)NCCOC. The molecule has 0 fully saturated rings. The van der Waals surface area contributed by atoms with Crippen molar-refractivity contribution in [1.82, 2.24) is 16.0 Å². The van der Waals surface area contributed by atoms with Crippen LogP contribution < -0.4 is 16.0 Å². The number of hydrogen-bond acceptors (Lipinski definition) is 4. The Labute approximate surface area is 109 Å². The summed E-state index contributed by atoms with van der Waals surface area (Å²) < 4.78 is 4.83. The van der Waals surface area contributed by atoms with Gasteiger partial charge >= 0.3 is 0 Å². The van der Waals surface area contributed by atoms with Crippen LogP contribution in [0.3, 0.4) is 0 Å². The minimum Gasteiger partial charge on any atom is -0.383 e. The maximum absolute atomic E-state index is 11.5. The number of rotatable bonds is 10. The second-order valence-electron chi connectivity index (χ2n) is 4.06. The van der Waals surface area contributed by atoms with Crippen molar-refractivity contribution in [3.05, 3.63) is 0 Å². The van der Waals surface area contributed by atoms with Gasteiger partial charge in [0.2, 0.25) is 11.8 Å². The van der Waals surface area contributed by atoms with E-state index in [1.807, 2.05) is 6.92 Å². The number of amides is 2. The topological polar surface area (TPSA) is 79.5 Å². The van der Waals surface area contributed by atoms with Crippen molar-refractivity contribution in [3.8, 4) is 0 Å². The van der Waals surface area contributed by atoms with E-state index in [2.05, 4.69) is 16.0 Å². The lowest BCUT2D eigenvalue weighted by molar-refractivity contribution is -0.124. The normalized spacial score (nSPS) is 11.9. The summed E-state index contributed by atoms with van der Waals surface area (Å²) in [5.74, 6) is -0.0719. The molecule has 6 heteroatoms. The van der Waals surface area contributed by atoms with Gasteiger partial charge in [-0.15, -0.1) is 0 Å². The molecular formula is C12H25N3O3. The molecule has 3 N–H and O–H groups in total. The van der Waals surface area contributed by atoms with Gasteiger partial charge in [-0.25, -0.2) is 0 Å². The van der Waals surface area contributed by atoms with Crippen LogP contribution in [0.4, 0.5) is 0 Å². The minimum absolute atomic E-state index is 0.0105. The highest BCUT2D eigenvalue weighted by atomic mass is 16.5. The first-order valence-corrected chi connectivity index (χ1v) is 6.38. The van der Waals surface area contributed by atoms with Gasteiger partial charge in [-0.3, -0.25) is 9.59 Å². The summed E-state index contributed by atoms with van der Waals surface area (Å²) in [6.07, 6.45) is 1.31. The Bertz CT molecular complexity index is 247. The molecule has 1 atom stereocenters. The minimum atomic E-state index is -0.305. The van der Waals surface area contributed by atoms with Crippen molar-refractivity contribution in [2.24, 2.45) is 0 Å². The van der Waals surface area contributed by atoms with E-state index < -0.39 is 0 Å². The monoisotopic (exact) mass is 259 g/mol. The third kappa shape index (κ3) is 8.95. The summed E-state index contributed by atoms with van der Waals surface area (Å²) >= 11 is 0. The van der Waals surface area contributed by atoms with Crippen LogP contribution in [0.5, 0.6) is 0 Å². The highest BCUT2D eigenvalue weighted by Crippen LogP contribution is 1.85. The van der Waals surface area contributed by atoms with Crippen LogP contribution in [0.15, 0.2) is 0 Å². The van der Waals surface area contributed by atoms with E-state index in [9.17, 15) is 9.59 Å². The molecule has 0 aliphatic heterocycles. The fourth-order valence-corrected chi connectivity index (χ4v) is 1.28. The third-order valence-electron chi connectivity index (χ3n) is 2.37. The molecule has 0 aromatic rings. The van der Waals surface area contributed by atoms with Crippen molar-refractivity contribution in [2.75, 3.05) is 33.4 Å². The zero-order valence-electron chi connectivity index (χ0n) is 11.5. The van der Waals surface area contributed by atoms with Gasteiger partial charge in [-0.2, -0.15) is 0 Å². The lowest BCUT2D eigenvalue weighted by Gasteiger charge is -2.13. The Morgan fingerprint density at radius 2 is 1.89 bits per heavy atom. The molecule has 0 saturated heterocycles. The quantitative estimate of drug-likeness (QED) is 0.468. The van der Waals surface area contributed by atoms with E-state index in [1.54, 1.807) is 14.0 Å². The van der Waals surface area contributed by atoms with Crippen LogP contribution in [-0.4, -0.2) is 51.2 Å². The predicted octanol–water partition coefficient (Wildman–Crippen LogP) is -0.357. The first kappa shape index (κ1) is 16.9. The van der Waals surface area contributed by atoms with E-state index in [1.165, 1.54) is 0 Å². The molecule has 0 rings (SSSR count). The van der Waals surface area contributed by atoms with Crippen molar-refractivity contribution in [1.29, 1.82) is 0 Å². The Kier molecular flexibility index (Phi) is 10.3. The summed E-state index contributed by atoms with van der Waals surface area (Å²) in [6, 6.07) is -0.305. The Balaban J connectivity index is 3.59. The van der Waals surface area contributed by atoms with Crippen LogP contribution in [0.1, 0.15) is 26.7 Å². The molecule has 0 bridgehead atoms. The molecule has 0 saturated carbocycles. The van der Waals surface area contributed by atoms with Gasteiger partial charge in [-0.05, 0) is 13.3 Å². The highest BCUT2D eigenvalue weighted by molar-refractivity contribution is 5.81. The highest BCUT2D eigenvalue weighted by Gasteiger charge is 2.11. The molecule has 0 aliphatic carbocycles. The fourth-order valence-electron chi connectivity index (χ4n) is 1.28. The number of methoxy groups -OCH3 is 1. The van der Waals surface area contributed by atoms with Gasteiger partial charge in [0.1, 0.15) is 0 Å². The van der Waals surface area contributed by atoms with E-state index >= 15 is 0 Å². The molecule has 0 radical (unpaired) electrons. The first-order chi connectivity index (χ1) is 8.61. The number of carbonyl (C=O) groups is 2. The maximum Gasteiger partial charge on any atom is 0.236 e. The van der Waals surface area contributed by atoms with Gasteiger partial charge in [0.25, 0.3) is 0 Å². The van der Waals surface area contributed by atoms with Crippen molar-refractivity contribution < 1.29 is 14.3 Å². The van der Waals surface area contributed by atoms with Crippen LogP contribution >= 0.6 is 0 Å². The van der Waals surface area contributed by atoms with E-state index in [-0.39, 0.29) is 17.9 Å². The van der Waals surface area contributed by atoms with Gasteiger partial charge in [0.15, 0.2) is 0 Å². The molecule has 0 spiro atoms. The number of carbonyl (C=O) groups excluding carboxylic acids is 2. The van der Waals surface area contributed by atoms with Crippen LogP contribution in [0.25, 0.3) is 0 Å². The second kappa shape index (κ2) is 11.0. The van der Waals surface area contributed by atoms with Gasteiger partial charge in [-0.1, -0.05) is 6.92 Å². The average molecular weight is 259 g/mol. The van der Waals surface area contributed by atoms with Gasteiger partial charge in [0, 0.05) is 33.2 Å². The first-order valence-electron chi connectivity index (χ1n) is 6.38. The van der Waals surface area contributed by atoms with Crippen LogP contribution in [-0.2, 0) is 14.3 Å². The van der Waals surface area contributed by atoms with Crippen LogP contribution in [0.2, 0.25) is 0 Å². The number of hydrogen-bond donors (Lipinski definition) is 3. The Morgan fingerprint density at radius 3 is 2.50 bits per heavy atom. The summed E-state index contributed by atoms with van der Waals surface area (Å²) in [4.78, 5) is 22.8. The smallest absolute Gasteiger partial charge is 0.236 e. The number of ether oxygens (including phenoxy) is 1. The number of nitrogens with one attached hydrogen (secondary N) is 3. The van der Waals surface area contributed by atoms with E-state index in [0.29, 0.717) is 32.7 Å². The molecule has 6 nitrogen and oxygen atoms in total. The molecule has 0 aromatic carbocycles. The van der Waals surface area contributed by atoms with Gasteiger partial charge in [0.05, 0.1) is 12.6 Å². The molecule has 0 aromatic heterocycles. The predicted molar refractivity (Wildman–Crippen MR) is 70.3 cm³/mol. The molecule has 0 heterocycles.